The second-order valence-corrected chi connectivity index (χ2v) is 13.9. The van der Waals surface area contributed by atoms with Crippen molar-refractivity contribution in [3.8, 4) is 17.1 Å². The predicted molar refractivity (Wildman–Crippen MR) is 183 cm³/mol. The number of aliphatic hydroxyl groups is 1. The van der Waals surface area contributed by atoms with E-state index in [1.807, 2.05) is 0 Å². The average Bonchev–Trinajstić information content (AvgIpc) is 3.67. The number of ether oxygens (including phenoxy) is 1. The fourth-order valence-corrected chi connectivity index (χ4v) is 7.05. The first kappa shape index (κ1) is 36.0. The average molecular weight is 753 g/mol. The Morgan fingerprint density at radius 1 is 1.11 bits per heavy atom. The second-order valence-electron chi connectivity index (χ2n) is 13.4. The van der Waals surface area contributed by atoms with Crippen molar-refractivity contribution in [2.45, 2.75) is 63.6 Å². The van der Waals surface area contributed by atoms with E-state index in [0.29, 0.717) is 23.0 Å². The summed E-state index contributed by atoms with van der Waals surface area (Å²) in [5.41, 5.74) is -2.75. The fourth-order valence-electron chi connectivity index (χ4n) is 6.82. The van der Waals surface area contributed by atoms with E-state index in [9.17, 15) is 37.8 Å². The van der Waals surface area contributed by atoms with Gasteiger partial charge in [0.25, 0.3) is 11.5 Å². The number of fused-ring (bicyclic) bond motifs is 3. The minimum atomic E-state index is -4.64. The molecule has 53 heavy (non-hydrogen) atoms. The largest absolute Gasteiger partial charge is 0.505 e. The molecule has 0 unspecified atom stereocenters. The lowest BCUT2D eigenvalue weighted by Crippen LogP contribution is -2.47. The first-order valence-corrected chi connectivity index (χ1v) is 16.9. The summed E-state index contributed by atoms with van der Waals surface area (Å²) in [6, 6.07) is 8.65. The highest BCUT2D eigenvalue weighted by atomic mass is 35.5. The number of nitrogens with zero attached hydrogens (tertiary/aromatic N) is 7. The molecule has 1 saturated heterocycles. The number of rotatable bonds is 6. The third kappa shape index (κ3) is 6.48. The number of aromatic hydroxyl groups is 1. The summed E-state index contributed by atoms with van der Waals surface area (Å²) in [4.78, 5) is 55.7. The maximum Gasteiger partial charge on any atom is 0.416 e. The molecule has 14 nitrogen and oxygen atoms in total. The molecule has 7 rings (SSSR count). The molecule has 0 saturated carbocycles. The van der Waals surface area contributed by atoms with E-state index in [2.05, 4.69) is 25.4 Å². The molecule has 0 bridgehead atoms. The number of halogens is 4. The molecule has 6 heterocycles. The number of pyridine rings is 2. The lowest BCUT2D eigenvalue weighted by atomic mass is 9.85. The van der Waals surface area contributed by atoms with Gasteiger partial charge in [0.05, 0.1) is 39.3 Å². The first-order chi connectivity index (χ1) is 25.0. The number of carbonyl (C=O) groups is 2. The van der Waals surface area contributed by atoms with Crippen molar-refractivity contribution in [3.05, 3.63) is 98.4 Å². The molecule has 3 N–H and O–H groups in total. The fraction of sp³-hybridized carbons (Fsp3) is 0.343. The molecule has 2 aliphatic rings. The van der Waals surface area contributed by atoms with E-state index >= 15 is 0 Å². The highest BCUT2D eigenvalue weighted by Gasteiger charge is 2.50. The van der Waals surface area contributed by atoms with Crippen LogP contribution >= 0.6 is 11.6 Å². The summed E-state index contributed by atoms with van der Waals surface area (Å²) in [6.07, 6.45) is -2.18. The third-order valence-electron chi connectivity index (χ3n) is 9.40. The van der Waals surface area contributed by atoms with Gasteiger partial charge in [-0.25, -0.2) is 4.98 Å². The highest BCUT2D eigenvalue weighted by Crippen LogP contribution is 2.48. The van der Waals surface area contributed by atoms with Crippen molar-refractivity contribution in [3.63, 3.8) is 0 Å². The number of aromatic nitrogens is 6. The lowest BCUT2D eigenvalue weighted by Gasteiger charge is -2.39. The van der Waals surface area contributed by atoms with Gasteiger partial charge in [0, 0.05) is 31.0 Å². The van der Waals surface area contributed by atoms with Gasteiger partial charge in [-0.05, 0) is 76.1 Å². The predicted octanol–water partition coefficient (Wildman–Crippen LogP) is 4.81. The number of anilines is 1. The number of nitrogens with one attached hydrogen (secondary N) is 1. The zero-order valence-electron chi connectivity index (χ0n) is 28.5. The standard InChI is InChI=1S/C35H32ClF3N8O6/c1-18-28-26(34(53-18)10-13-45(14-11-34)31(51)27-23(48)5-4-12-40-27)30(50)47-32(43-29(44-47)19-6-9-24(41-16-19)33(2,3)52)46(28)17-25(49)42-22-8-7-20(15-21(22)36)35(37,38)39/h4-9,12,15-16,18,48,52H,10-11,13-14,17H2,1-3H3,(H,42,49)/t18-/m1/s1. The molecule has 0 aliphatic carbocycles. The molecular formula is C35H32ClF3N8O6. The highest BCUT2D eigenvalue weighted by molar-refractivity contribution is 6.33. The number of hydrogen-bond donors (Lipinski definition) is 3. The molecule has 1 aromatic carbocycles. The number of carbonyl (C=O) groups excluding carboxylic acids is 2. The molecule has 0 radical (unpaired) electrons. The van der Waals surface area contributed by atoms with Crippen LogP contribution in [-0.2, 0) is 33.5 Å². The minimum Gasteiger partial charge on any atom is -0.505 e. The quantitative estimate of drug-likeness (QED) is 0.218. The Hall–Kier alpha value is -5.39. The molecule has 2 aliphatic heterocycles. The van der Waals surface area contributed by atoms with E-state index < -0.39 is 53.0 Å². The van der Waals surface area contributed by atoms with Gasteiger partial charge in [0.2, 0.25) is 11.7 Å². The molecule has 1 atom stereocenters. The van der Waals surface area contributed by atoms with Crippen LogP contribution in [-0.4, -0.2) is 69.1 Å². The monoisotopic (exact) mass is 752 g/mol. The van der Waals surface area contributed by atoms with Gasteiger partial charge in [0.1, 0.15) is 23.5 Å². The SMILES string of the molecule is C[C@H]1OC2(CCN(C(=O)c3ncccc3O)CC2)c2c1n(CC(=O)Nc1ccc(C(F)(F)F)cc1Cl)c1nc(-c3ccc(C(C)(C)O)nc3)nn1c2=O. The Morgan fingerprint density at radius 2 is 1.85 bits per heavy atom. The Morgan fingerprint density at radius 3 is 2.47 bits per heavy atom. The number of likely N-dealkylation sites (tertiary alicyclic amines) is 1. The number of hydrogen-bond acceptors (Lipinski definition) is 10. The van der Waals surface area contributed by atoms with Gasteiger partial charge in [0.15, 0.2) is 11.5 Å². The maximum absolute atomic E-state index is 14.4. The van der Waals surface area contributed by atoms with E-state index in [1.54, 1.807) is 32.9 Å². The van der Waals surface area contributed by atoms with Gasteiger partial charge in [-0.1, -0.05) is 11.6 Å². The maximum atomic E-state index is 14.4. The van der Waals surface area contributed by atoms with Crippen molar-refractivity contribution in [1.29, 1.82) is 0 Å². The minimum absolute atomic E-state index is 0.0188. The summed E-state index contributed by atoms with van der Waals surface area (Å²) in [5, 5.41) is 27.3. The van der Waals surface area contributed by atoms with Crippen LogP contribution in [0.15, 0.2) is 59.7 Å². The van der Waals surface area contributed by atoms with Crippen molar-refractivity contribution in [2.75, 3.05) is 18.4 Å². The van der Waals surface area contributed by atoms with Crippen LogP contribution in [0.5, 0.6) is 5.75 Å². The van der Waals surface area contributed by atoms with Gasteiger partial charge in [-0.2, -0.15) is 22.7 Å². The van der Waals surface area contributed by atoms with Crippen LogP contribution in [0.3, 0.4) is 0 Å². The number of benzene rings is 1. The van der Waals surface area contributed by atoms with Gasteiger partial charge in [-0.15, -0.1) is 5.10 Å². The van der Waals surface area contributed by atoms with E-state index in [4.69, 9.17) is 16.3 Å². The molecule has 18 heteroatoms. The van der Waals surface area contributed by atoms with Gasteiger partial charge >= 0.3 is 6.18 Å². The summed E-state index contributed by atoms with van der Waals surface area (Å²) in [5.74, 6) is -1.36. The lowest BCUT2D eigenvalue weighted by molar-refractivity contribution is -0.137. The number of amides is 2. The zero-order valence-corrected chi connectivity index (χ0v) is 29.2. The Bertz CT molecular complexity index is 2330. The van der Waals surface area contributed by atoms with Gasteiger partial charge < -0.3 is 29.7 Å². The van der Waals surface area contributed by atoms with Crippen LogP contribution in [0.25, 0.3) is 17.2 Å². The molecule has 2 amide bonds. The molecule has 5 aromatic rings. The topological polar surface area (TPSA) is 177 Å². The summed E-state index contributed by atoms with van der Waals surface area (Å²) < 4.78 is 48.8. The number of alkyl halides is 3. The van der Waals surface area contributed by atoms with Crippen molar-refractivity contribution in [2.24, 2.45) is 0 Å². The summed E-state index contributed by atoms with van der Waals surface area (Å²) >= 11 is 6.13. The number of piperidine rings is 1. The summed E-state index contributed by atoms with van der Waals surface area (Å²) in [6.45, 7) is 4.70. The molecule has 4 aromatic heterocycles. The van der Waals surface area contributed by atoms with E-state index in [0.717, 1.165) is 16.6 Å². The van der Waals surface area contributed by atoms with Crippen LogP contribution in [0.1, 0.15) is 72.7 Å². The Kier molecular flexibility index (Phi) is 8.78. The van der Waals surface area contributed by atoms with Crippen LogP contribution in [0, 0.1) is 0 Å². The smallest absolute Gasteiger partial charge is 0.416 e. The van der Waals surface area contributed by atoms with Crippen LogP contribution in [0.4, 0.5) is 18.9 Å². The summed E-state index contributed by atoms with van der Waals surface area (Å²) in [7, 11) is 0. The normalized spacial score (nSPS) is 17.0. The first-order valence-electron chi connectivity index (χ1n) is 16.5. The Labute approximate surface area is 303 Å². The molecule has 1 fully saturated rings. The molecule has 1 spiro atoms. The van der Waals surface area contributed by atoms with Crippen molar-refractivity contribution < 1.29 is 37.7 Å². The third-order valence-corrected chi connectivity index (χ3v) is 9.71. The molecular weight excluding hydrogens is 721 g/mol. The molecule has 276 valence electrons. The van der Waals surface area contributed by atoms with Crippen molar-refractivity contribution >= 4 is 34.9 Å². The Balaban J connectivity index is 1.29. The van der Waals surface area contributed by atoms with E-state index in [-0.39, 0.29) is 65.3 Å². The van der Waals surface area contributed by atoms with Crippen LogP contribution < -0.4 is 10.9 Å². The van der Waals surface area contributed by atoms with E-state index in [1.165, 1.54) is 34.0 Å². The van der Waals surface area contributed by atoms with Crippen molar-refractivity contribution in [1.82, 2.24) is 34.0 Å². The van der Waals surface area contributed by atoms with Crippen LogP contribution in [0.2, 0.25) is 5.02 Å². The second kappa shape index (κ2) is 12.9. The van der Waals surface area contributed by atoms with Gasteiger partial charge in [-0.3, -0.25) is 19.4 Å². The zero-order chi connectivity index (χ0) is 38.0.